The Bertz CT molecular complexity index is 325. The van der Waals surface area contributed by atoms with E-state index in [9.17, 15) is 0 Å². The molecule has 0 N–H and O–H groups in total. The minimum absolute atomic E-state index is 0.747. The lowest BCUT2D eigenvalue weighted by Gasteiger charge is -2.44. The summed E-state index contributed by atoms with van der Waals surface area (Å²) in [5.74, 6) is 4.04. The fraction of sp³-hybridized carbons (Fsp3) is 0.778. The Hall–Kier alpha value is -0.520. The van der Waals surface area contributed by atoms with Gasteiger partial charge in [-0.3, -0.25) is 0 Å². The van der Waals surface area contributed by atoms with Gasteiger partial charge in [-0.05, 0) is 48.9 Å². The molecule has 0 aromatic carbocycles. The second-order valence-corrected chi connectivity index (χ2v) is 6.89. The first kappa shape index (κ1) is 13.9. The van der Waals surface area contributed by atoms with Gasteiger partial charge in [0.1, 0.15) is 0 Å². The summed E-state index contributed by atoms with van der Waals surface area (Å²) in [6.45, 7) is 15.8. The SMILES string of the molecule is C=C(CCC1C(=C)C(C)C1C)C1CCCCC1C. The second kappa shape index (κ2) is 5.63. The van der Waals surface area contributed by atoms with E-state index in [1.165, 1.54) is 49.7 Å². The second-order valence-electron chi connectivity index (χ2n) is 6.89. The van der Waals surface area contributed by atoms with Gasteiger partial charge in [0.2, 0.25) is 0 Å². The number of allylic oxidation sites excluding steroid dienone is 2. The molecule has 102 valence electrons. The molecule has 5 unspecified atom stereocenters. The van der Waals surface area contributed by atoms with Gasteiger partial charge in [0.25, 0.3) is 0 Å². The average molecular weight is 246 g/mol. The Labute approximate surface area is 114 Å². The molecule has 2 saturated carbocycles. The Kier molecular flexibility index (Phi) is 4.35. The van der Waals surface area contributed by atoms with Crippen LogP contribution >= 0.6 is 0 Å². The fourth-order valence-corrected chi connectivity index (χ4v) is 4.14. The maximum atomic E-state index is 4.40. The largest absolute Gasteiger partial charge is 0.0996 e. The number of hydrogen-bond acceptors (Lipinski definition) is 0. The molecule has 0 saturated heterocycles. The summed E-state index contributed by atoms with van der Waals surface area (Å²) >= 11 is 0. The summed E-state index contributed by atoms with van der Waals surface area (Å²) in [5.41, 5.74) is 3.02. The molecule has 0 spiro atoms. The van der Waals surface area contributed by atoms with E-state index < -0.39 is 0 Å². The minimum atomic E-state index is 0.747. The zero-order chi connectivity index (χ0) is 13.3. The molecule has 0 nitrogen and oxygen atoms in total. The Morgan fingerprint density at radius 1 is 1.17 bits per heavy atom. The van der Waals surface area contributed by atoms with Crippen LogP contribution in [0.3, 0.4) is 0 Å². The van der Waals surface area contributed by atoms with Crippen molar-refractivity contribution in [2.75, 3.05) is 0 Å². The zero-order valence-corrected chi connectivity index (χ0v) is 12.5. The van der Waals surface area contributed by atoms with Gasteiger partial charge in [0.05, 0.1) is 0 Å². The molecule has 0 heteroatoms. The zero-order valence-electron chi connectivity index (χ0n) is 12.5. The van der Waals surface area contributed by atoms with Gasteiger partial charge in [-0.2, -0.15) is 0 Å². The lowest BCUT2D eigenvalue weighted by Crippen LogP contribution is -2.35. The monoisotopic (exact) mass is 246 g/mol. The molecule has 0 amide bonds. The lowest BCUT2D eigenvalue weighted by atomic mass is 9.61. The quantitative estimate of drug-likeness (QED) is 0.566. The smallest absolute Gasteiger partial charge is 0.0169 e. The highest BCUT2D eigenvalue weighted by molar-refractivity contribution is 5.19. The van der Waals surface area contributed by atoms with Crippen LogP contribution in [0.25, 0.3) is 0 Å². The van der Waals surface area contributed by atoms with E-state index >= 15 is 0 Å². The first-order chi connectivity index (χ1) is 8.52. The molecule has 0 heterocycles. The highest BCUT2D eigenvalue weighted by atomic mass is 14.4. The average Bonchev–Trinajstić information content (AvgIpc) is 2.38. The molecule has 0 aromatic rings. The molecule has 2 fully saturated rings. The normalized spacial score (nSPS) is 40.4. The van der Waals surface area contributed by atoms with E-state index in [1.807, 2.05) is 0 Å². The van der Waals surface area contributed by atoms with Crippen LogP contribution in [0.2, 0.25) is 0 Å². The third kappa shape index (κ3) is 2.58. The Balaban J connectivity index is 1.80. The van der Waals surface area contributed by atoms with Gasteiger partial charge in [-0.15, -0.1) is 0 Å². The Morgan fingerprint density at radius 3 is 2.44 bits per heavy atom. The van der Waals surface area contributed by atoms with Crippen molar-refractivity contribution in [2.24, 2.45) is 29.6 Å². The topological polar surface area (TPSA) is 0 Å². The fourth-order valence-electron chi connectivity index (χ4n) is 4.14. The van der Waals surface area contributed by atoms with E-state index in [1.54, 1.807) is 0 Å². The van der Waals surface area contributed by atoms with Gasteiger partial charge < -0.3 is 0 Å². The maximum absolute atomic E-state index is 4.40. The number of hydrogen-bond donors (Lipinski definition) is 0. The van der Waals surface area contributed by atoms with Gasteiger partial charge in [-0.25, -0.2) is 0 Å². The summed E-state index contributed by atoms with van der Waals surface area (Å²) in [4.78, 5) is 0. The van der Waals surface area contributed by atoms with Gasteiger partial charge in [0.15, 0.2) is 0 Å². The molecule has 18 heavy (non-hydrogen) atoms. The van der Waals surface area contributed by atoms with E-state index in [0.717, 1.165) is 29.6 Å². The van der Waals surface area contributed by atoms with E-state index in [4.69, 9.17) is 0 Å². The van der Waals surface area contributed by atoms with Crippen molar-refractivity contribution in [1.29, 1.82) is 0 Å². The first-order valence-corrected chi connectivity index (χ1v) is 7.88. The van der Waals surface area contributed by atoms with Crippen LogP contribution in [0.5, 0.6) is 0 Å². The molecular formula is C18H30. The molecule has 2 aliphatic rings. The molecule has 0 aliphatic heterocycles. The van der Waals surface area contributed by atoms with Gasteiger partial charge in [0, 0.05) is 0 Å². The highest BCUT2D eigenvalue weighted by Gasteiger charge is 2.38. The molecule has 2 rings (SSSR count). The van der Waals surface area contributed by atoms with Crippen LogP contribution in [-0.4, -0.2) is 0 Å². The van der Waals surface area contributed by atoms with Crippen molar-refractivity contribution in [2.45, 2.75) is 59.3 Å². The van der Waals surface area contributed by atoms with E-state index in [2.05, 4.69) is 33.9 Å². The molecule has 0 aromatic heterocycles. The predicted molar refractivity (Wildman–Crippen MR) is 80.5 cm³/mol. The Morgan fingerprint density at radius 2 is 1.83 bits per heavy atom. The van der Waals surface area contributed by atoms with Crippen molar-refractivity contribution in [3.63, 3.8) is 0 Å². The third-order valence-corrected chi connectivity index (χ3v) is 5.90. The minimum Gasteiger partial charge on any atom is -0.0996 e. The van der Waals surface area contributed by atoms with Gasteiger partial charge >= 0.3 is 0 Å². The molecule has 2 aliphatic carbocycles. The molecule has 0 radical (unpaired) electrons. The van der Waals surface area contributed by atoms with E-state index in [-0.39, 0.29) is 0 Å². The summed E-state index contributed by atoms with van der Waals surface area (Å²) in [5, 5.41) is 0. The van der Waals surface area contributed by atoms with Crippen LogP contribution in [0.4, 0.5) is 0 Å². The maximum Gasteiger partial charge on any atom is -0.0169 e. The summed E-state index contributed by atoms with van der Waals surface area (Å²) < 4.78 is 0. The van der Waals surface area contributed by atoms with Crippen LogP contribution < -0.4 is 0 Å². The van der Waals surface area contributed by atoms with E-state index in [0.29, 0.717) is 0 Å². The van der Waals surface area contributed by atoms with Crippen LogP contribution in [0.1, 0.15) is 59.3 Å². The number of rotatable bonds is 4. The van der Waals surface area contributed by atoms with Crippen LogP contribution in [-0.2, 0) is 0 Å². The van der Waals surface area contributed by atoms with Crippen molar-refractivity contribution in [1.82, 2.24) is 0 Å². The summed E-state index contributed by atoms with van der Waals surface area (Å²) in [6.07, 6.45) is 8.17. The third-order valence-electron chi connectivity index (χ3n) is 5.90. The van der Waals surface area contributed by atoms with Crippen molar-refractivity contribution >= 4 is 0 Å². The van der Waals surface area contributed by atoms with Crippen molar-refractivity contribution in [3.05, 3.63) is 24.3 Å². The van der Waals surface area contributed by atoms with Gasteiger partial charge in [-0.1, -0.05) is 64.3 Å². The van der Waals surface area contributed by atoms with Crippen LogP contribution in [0.15, 0.2) is 24.3 Å². The highest BCUT2D eigenvalue weighted by Crippen LogP contribution is 2.47. The standard InChI is InChI=1S/C18H30/c1-12-8-6-7-9-17(12)13(2)10-11-18-15(4)14(3)16(18)5/h12,14,16-18H,2,4,6-11H2,1,3,5H3. The molecular weight excluding hydrogens is 216 g/mol. The van der Waals surface area contributed by atoms with Crippen molar-refractivity contribution in [3.8, 4) is 0 Å². The molecule has 0 bridgehead atoms. The first-order valence-electron chi connectivity index (χ1n) is 7.88. The lowest BCUT2D eigenvalue weighted by molar-refractivity contribution is 0.193. The summed E-state index contributed by atoms with van der Waals surface area (Å²) in [7, 11) is 0. The van der Waals surface area contributed by atoms with Crippen molar-refractivity contribution < 1.29 is 0 Å². The predicted octanol–water partition coefficient (Wildman–Crippen LogP) is 5.61. The summed E-state index contributed by atoms with van der Waals surface area (Å²) in [6, 6.07) is 0. The van der Waals surface area contributed by atoms with Crippen LogP contribution in [0, 0.1) is 29.6 Å². The molecule has 5 atom stereocenters.